The fourth-order valence-electron chi connectivity index (χ4n) is 3.10. The smallest absolute Gasteiger partial charge is 0.272 e. The van der Waals surface area contributed by atoms with Crippen LogP contribution in [0.1, 0.15) is 43.0 Å². The molecule has 2 fully saturated rings. The zero-order valence-electron chi connectivity index (χ0n) is 11.6. The van der Waals surface area contributed by atoms with Crippen LogP contribution in [-0.2, 0) is 6.42 Å². The first-order valence-electron chi connectivity index (χ1n) is 7.62. The minimum atomic E-state index is 0.0152. The molecule has 2 aliphatic rings. The molecule has 1 unspecified atom stereocenters. The molecular formula is C15H20N4O. The van der Waals surface area contributed by atoms with E-state index in [4.69, 9.17) is 0 Å². The summed E-state index contributed by atoms with van der Waals surface area (Å²) in [5, 5.41) is 6.56. The average Bonchev–Trinajstić information content (AvgIpc) is 3.00. The maximum Gasteiger partial charge on any atom is 0.272 e. The zero-order valence-corrected chi connectivity index (χ0v) is 11.6. The van der Waals surface area contributed by atoms with E-state index in [1.54, 1.807) is 10.6 Å². The second-order valence-electron chi connectivity index (χ2n) is 6.16. The van der Waals surface area contributed by atoms with Gasteiger partial charge in [0, 0.05) is 29.4 Å². The topological polar surface area (TPSA) is 62.2 Å². The van der Waals surface area contributed by atoms with Crippen molar-refractivity contribution in [3.8, 4) is 0 Å². The maximum absolute atomic E-state index is 12.1. The number of hydrogen-bond acceptors (Lipinski definition) is 3. The molecule has 3 heterocycles. The minimum absolute atomic E-state index is 0.0152. The third-order valence-electron chi connectivity index (χ3n) is 4.51. The lowest BCUT2D eigenvalue weighted by atomic mass is 10.0. The van der Waals surface area contributed by atoms with Crippen molar-refractivity contribution in [1.82, 2.24) is 19.9 Å². The van der Waals surface area contributed by atoms with Gasteiger partial charge in [-0.1, -0.05) is 0 Å². The van der Waals surface area contributed by atoms with Crippen LogP contribution in [0.3, 0.4) is 0 Å². The Morgan fingerprint density at radius 1 is 1.30 bits per heavy atom. The Morgan fingerprint density at radius 2 is 2.20 bits per heavy atom. The Kier molecular flexibility index (Phi) is 2.88. The summed E-state index contributed by atoms with van der Waals surface area (Å²) in [6, 6.07) is 3.72. The Bertz CT molecular complexity index is 677. The number of fused-ring (bicyclic) bond motifs is 1. The number of nitrogens with one attached hydrogen (secondary N) is 2. The van der Waals surface area contributed by atoms with Crippen LogP contribution in [0, 0.1) is 5.92 Å². The predicted octanol–water partition coefficient (Wildman–Crippen LogP) is 1.44. The molecule has 0 amide bonds. The van der Waals surface area contributed by atoms with Gasteiger partial charge in [-0.05, 0) is 51.1 Å². The van der Waals surface area contributed by atoms with E-state index in [1.165, 1.54) is 19.3 Å². The van der Waals surface area contributed by atoms with E-state index in [9.17, 15) is 4.79 Å². The number of rotatable bonds is 4. The third kappa shape index (κ3) is 2.26. The van der Waals surface area contributed by atoms with Crippen LogP contribution >= 0.6 is 0 Å². The molecule has 0 spiro atoms. The van der Waals surface area contributed by atoms with Crippen molar-refractivity contribution in [2.24, 2.45) is 5.92 Å². The van der Waals surface area contributed by atoms with Crippen LogP contribution in [0.25, 0.3) is 5.65 Å². The normalized spacial score (nSPS) is 22.7. The predicted molar refractivity (Wildman–Crippen MR) is 77.1 cm³/mol. The second kappa shape index (κ2) is 4.74. The van der Waals surface area contributed by atoms with Gasteiger partial charge in [0.2, 0.25) is 0 Å². The first-order chi connectivity index (χ1) is 9.79. The molecule has 4 rings (SSSR count). The molecule has 2 N–H and O–H groups in total. The van der Waals surface area contributed by atoms with Crippen LogP contribution in [-0.4, -0.2) is 27.7 Å². The molecule has 1 saturated heterocycles. The van der Waals surface area contributed by atoms with Crippen molar-refractivity contribution in [2.45, 2.75) is 38.0 Å². The van der Waals surface area contributed by atoms with E-state index in [1.807, 2.05) is 6.07 Å². The van der Waals surface area contributed by atoms with Crippen molar-refractivity contribution < 1.29 is 0 Å². The molecule has 1 saturated carbocycles. The van der Waals surface area contributed by atoms with Gasteiger partial charge in [0.05, 0.1) is 0 Å². The molecule has 1 aliphatic heterocycles. The van der Waals surface area contributed by atoms with Gasteiger partial charge < -0.3 is 5.32 Å². The third-order valence-corrected chi connectivity index (χ3v) is 4.51. The minimum Gasteiger partial charge on any atom is -0.316 e. The quantitative estimate of drug-likeness (QED) is 0.885. The standard InChI is InChI=1S/C15H20N4O/c20-15-7-12(4-1-10-5-6-16-9-10)17-14-8-13(11-2-3-11)18-19(14)15/h7-8,10-11,16,18H,1-6,9H2. The molecule has 20 heavy (non-hydrogen) atoms. The average molecular weight is 272 g/mol. The fourth-order valence-corrected chi connectivity index (χ4v) is 3.10. The van der Waals surface area contributed by atoms with Gasteiger partial charge in [0.1, 0.15) is 0 Å². The number of aromatic nitrogens is 3. The lowest BCUT2D eigenvalue weighted by molar-refractivity contribution is 0.529. The molecule has 1 atom stereocenters. The lowest BCUT2D eigenvalue weighted by Gasteiger charge is -2.07. The lowest BCUT2D eigenvalue weighted by Crippen LogP contribution is -2.16. The molecule has 5 heteroatoms. The Morgan fingerprint density at radius 3 is 2.95 bits per heavy atom. The highest BCUT2D eigenvalue weighted by Gasteiger charge is 2.26. The van der Waals surface area contributed by atoms with Crippen LogP contribution in [0.5, 0.6) is 0 Å². The molecule has 2 aromatic rings. The van der Waals surface area contributed by atoms with Gasteiger partial charge in [0.25, 0.3) is 5.56 Å². The number of H-pyrrole nitrogens is 1. The van der Waals surface area contributed by atoms with Gasteiger partial charge in [-0.3, -0.25) is 9.89 Å². The summed E-state index contributed by atoms with van der Waals surface area (Å²) < 4.78 is 1.58. The van der Waals surface area contributed by atoms with Gasteiger partial charge in [-0.2, -0.15) is 0 Å². The summed E-state index contributed by atoms with van der Waals surface area (Å²) in [6.45, 7) is 2.24. The van der Waals surface area contributed by atoms with E-state index < -0.39 is 0 Å². The summed E-state index contributed by atoms with van der Waals surface area (Å²) >= 11 is 0. The molecule has 2 aromatic heterocycles. The Hall–Kier alpha value is -1.62. The van der Waals surface area contributed by atoms with Gasteiger partial charge >= 0.3 is 0 Å². The van der Waals surface area contributed by atoms with Crippen LogP contribution < -0.4 is 10.9 Å². The van der Waals surface area contributed by atoms with Gasteiger partial charge in [0.15, 0.2) is 5.65 Å². The fraction of sp³-hybridized carbons (Fsp3) is 0.600. The monoisotopic (exact) mass is 272 g/mol. The zero-order chi connectivity index (χ0) is 13.5. The first-order valence-corrected chi connectivity index (χ1v) is 7.62. The summed E-state index contributed by atoms with van der Waals surface area (Å²) in [7, 11) is 0. The van der Waals surface area contributed by atoms with E-state index in [2.05, 4.69) is 15.4 Å². The van der Waals surface area contributed by atoms with E-state index in [0.29, 0.717) is 5.92 Å². The highest BCUT2D eigenvalue weighted by atomic mass is 16.1. The summed E-state index contributed by atoms with van der Waals surface area (Å²) in [5.41, 5.74) is 2.88. The van der Waals surface area contributed by atoms with Gasteiger partial charge in [-0.15, -0.1) is 0 Å². The molecular weight excluding hydrogens is 252 g/mol. The number of aromatic amines is 1. The highest BCUT2D eigenvalue weighted by molar-refractivity contribution is 5.41. The van der Waals surface area contributed by atoms with Crippen LogP contribution in [0.4, 0.5) is 0 Å². The Labute approximate surface area is 117 Å². The van der Waals surface area contributed by atoms with E-state index in [-0.39, 0.29) is 5.56 Å². The first kappa shape index (κ1) is 12.1. The van der Waals surface area contributed by atoms with Crippen molar-refractivity contribution in [1.29, 1.82) is 0 Å². The van der Waals surface area contributed by atoms with Crippen molar-refractivity contribution >= 4 is 5.65 Å². The van der Waals surface area contributed by atoms with Crippen molar-refractivity contribution in [2.75, 3.05) is 13.1 Å². The molecule has 1 aliphatic carbocycles. The van der Waals surface area contributed by atoms with Crippen LogP contribution in [0.15, 0.2) is 16.9 Å². The molecule has 5 nitrogen and oxygen atoms in total. The van der Waals surface area contributed by atoms with Crippen molar-refractivity contribution in [3.63, 3.8) is 0 Å². The molecule has 0 radical (unpaired) electrons. The molecule has 106 valence electrons. The van der Waals surface area contributed by atoms with E-state index in [0.717, 1.165) is 48.9 Å². The number of aryl methyl sites for hydroxylation is 1. The summed E-state index contributed by atoms with van der Waals surface area (Å²) in [5.74, 6) is 1.35. The highest BCUT2D eigenvalue weighted by Crippen LogP contribution is 2.39. The Balaban J connectivity index is 1.58. The maximum atomic E-state index is 12.1. The number of hydrogen-bond donors (Lipinski definition) is 2. The molecule has 0 aromatic carbocycles. The number of nitrogens with zero attached hydrogens (tertiary/aromatic N) is 2. The van der Waals surface area contributed by atoms with Crippen LogP contribution in [0.2, 0.25) is 0 Å². The SMILES string of the molecule is O=c1cc(CCC2CCNC2)nc2cc(C3CC3)[nH]n12. The summed E-state index contributed by atoms with van der Waals surface area (Å²) in [6.07, 6.45) is 5.72. The largest absolute Gasteiger partial charge is 0.316 e. The second-order valence-corrected chi connectivity index (χ2v) is 6.16. The van der Waals surface area contributed by atoms with E-state index >= 15 is 0 Å². The summed E-state index contributed by atoms with van der Waals surface area (Å²) in [4.78, 5) is 16.8. The molecule has 0 bridgehead atoms. The van der Waals surface area contributed by atoms with Gasteiger partial charge in [-0.25, -0.2) is 9.50 Å². The van der Waals surface area contributed by atoms with Crippen molar-refractivity contribution in [3.05, 3.63) is 33.9 Å².